The normalized spacial score (nSPS) is 15.9. The van der Waals surface area contributed by atoms with Crippen LogP contribution in [0.1, 0.15) is 58.9 Å². The van der Waals surface area contributed by atoms with Gasteiger partial charge in [-0.2, -0.15) is 5.26 Å². The van der Waals surface area contributed by atoms with Gasteiger partial charge in [-0.05, 0) is 54.5 Å². The number of aromatic carboxylic acids is 1. The van der Waals surface area contributed by atoms with E-state index in [-0.39, 0.29) is 0 Å². The molecule has 4 rings (SSSR count). The number of hydrogen-bond acceptors (Lipinski definition) is 2. The molecular weight excluding hydrogens is 348 g/mol. The Morgan fingerprint density at radius 2 is 2.11 bits per heavy atom. The highest BCUT2D eigenvalue weighted by atomic mass is 16.4. The summed E-state index contributed by atoms with van der Waals surface area (Å²) in [5.74, 6) is -0.239. The van der Waals surface area contributed by atoms with E-state index in [1.54, 1.807) is 12.1 Å². The summed E-state index contributed by atoms with van der Waals surface area (Å²) >= 11 is 0. The molecule has 1 atom stereocenters. The van der Waals surface area contributed by atoms with E-state index in [9.17, 15) is 15.2 Å². The van der Waals surface area contributed by atoms with Crippen molar-refractivity contribution in [1.29, 1.82) is 5.26 Å². The van der Waals surface area contributed by atoms with Crippen LogP contribution in [0.25, 0.3) is 10.9 Å². The number of carboxylic acids is 1. The number of aryl methyl sites for hydroxylation is 1. The Morgan fingerprint density at radius 3 is 2.86 bits per heavy atom. The molecule has 1 aromatic heterocycles. The molecular formula is C24H24N2O2. The number of para-hydroxylation sites is 1. The quantitative estimate of drug-likeness (QED) is 0.672. The maximum absolute atomic E-state index is 11.9. The highest BCUT2D eigenvalue weighted by Gasteiger charge is 2.27. The lowest BCUT2D eigenvalue weighted by molar-refractivity contribution is 0.0698. The number of rotatable bonds is 5. The summed E-state index contributed by atoms with van der Waals surface area (Å²) in [5.41, 5.74) is 5.41. The third-order valence-corrected chi connectivity index (χ3v) is 5.91. The molecule has 0 aliphatic heterocycles. The monoisotopic (exact) mass is 372 g/mol. The van der Waals surface area contributed by atoms with Crippen molar-refractivity contribution >= 4 is 16.9 Å². The lowest BCUT2D eigenvalue weighted by atomic mass is 9.84. The fourth-order valence-corrected chi connectivity index (χ4v) is 4.69. The van der Waals surface area contributed by atoms with Crippen molar-refractivity contribution in [3.05, 3.63) is 70.4 Å². The Bertz CT molecular complexity index is 1090. The molecule has 1 aliphatic rings. The summed E-state index contributed by atoms with van der Waals surface area (Å²) in [6, 6.07) is 15.4. The standard InChI is InChI=1S/C24H24N2O2/c1-2-5-16-10-11-19-20-8-4-9-21(24(27)28)23(20)26(22(19)13-16)15-18-7-3-6-17(12-18)14-25/h3-4,6-9,12,16H,2,5,10-11,13,15H2,1H3,(H,27,28). The molecule has 142 valence electrons. The number of fused-ring (bicyclic) bond motifs is 3. The van der Waals surface area contributed by atoms with Crippen molar-refractivity contribution in [3.8, 4) is 6.07 Å². The van der Waals surface area contributed by atoms with E-state index in [1.165, 1.54) is 30.5 Å². The largest absolute Gasteiger partial charge is 0.478 e. The molecule has 0 bridgehead atoms. The molecule has 4 nitrogen and oxygen atoms in total. The molecule has 0 amide bonds. The van der Waals surface area contributed by atoms with Gasteiger partial charge in [-0.25, -0.2) is 4.79 Å². The van der Waals surface area contributed by atoms with E-state index in [0.717, 1.165) is 29.3 Å². The van der Waals surface area contributed by atoms with E-state index in [4.69, 9.17) is 0 Å². The van der Waals surface area contributed by atoms with Crippen LogP contribution in [0.2, 0.25) is 0 Å². The van der Waals surface area contributed by atoms with Crippen LogP contribution in [0.3, 0.4) is 0 Å². The molecule has 3 aromatic rings. The summed E-state index contributed by atoms with van der Waals surface area (Å²) in [5, 5.41) is 20.1. The second kappa shape index (κ2) is 7.52. The van der Waals surface area contributed by atoms with Crippen LogP contribution in [0.4, 0.5) is 0 Å². The number of carbonyl (C=O) groups is 1. The minimum atomic E-state index is -0.891. The molecule has 2 aromatic carbocycles. The van der Waals surface area contributed by atoms with Crippen molar-refractivity contribution < 1.29 is 9.90 Å². The molecule has 4 heteroatoms. The van der Waals surface area contributed by atoms with Gasteiger partial charge in [0.1, 0.15) is 0 Å². The van der Waals surface area contributed by atoms with Crippen LogP contribution in [-0.2, 0) is 19.4 Å². The Kier molecular flexibility index (Phi) is 4.92. The van der Waals surface area contributed by atoms with Crippen molar-refractivity contribution in [3.63, 3.8) is 0 Å². The SMILES string of the molecule is CCCC1CCc2c(n(Cc3cccc(C#N)c3)c3c(C(=O)O)cccc23)C1. The van der Waals surface area contributed by atoms with Crippen LogP contribution in [0.15, 0.2) is 42.5 Å². The maximum atomic E-state index is 11.9. The van der Waals surface area contributed by atoms with Crippen molar-refractivity contribution in [2.75, 3.05) is 0 Å². The number of carboxylic acid groups (broad SMARTS) is 1. The van der Waals surface area contributed by atoms with Gasteiger partial charge in [-0.3, -0.25) is 0 Å². The van der Waals surface area contributed by atoms with Gasteiger partial charge in [-0.15, -0.1) is 0 Å². The maximum Gasteiger partial charge on any atom is 0.337 e. The molecule has 1 aliphatic carbocycles. The first kappa shape index (κ1) is 18.3. The van der Waals surface area contributed by atoms with Gasteiger partial charge in [0.15, 0.2) is 0 Å². The van der Waals surface area contributed by atoms with Crippen LogP contribution in [-0.4, -0.2) is 15.6 Å². The van der Waals surface area contributed by atoms with Crippen LogP contribution < -0.4 is 0 Å². The van der Waals surface area contributed by atoms with Gasteiger partial charge in [-0.1, -0.05) is 44.0 Å². The summed E-state index contributed by atoms with van der Waals surface area (Å²) in [6.45, 7) is 2.81. The molecule has 1 heterocycles. The number of aromatic nitrogens is 1. The first-order chi connectivity index (χ1) is 13.6. The molecule has 28 heavy (non-hydrogen) atoms. The van der Waals surface area contributed by atoms with Gasteiger partial charge < -0.3 is 9.67 Å². The fraction of sp³-hybridized carbons (Fsp3) is 0.333. The molecule has 0 saturated heterocycles. The second-order valence-electron chi connectivity index (χ2n) is 7.73. The minimum absolute atomic E-state index is 0.357. The first-order valence-electron chi connectivity index (χ1n) is 9.97. The van der Waals surface area contributed by atoms with E-state index >= 15 is 0 Å². The van der Waals surface area contributed by atoms with E-state index in [0.29, 0.717) is 23.6 Å². The topological polar surface area (TPSA) is 66.0 Å². The number of nitriles is 1. The zero-order valence-electron chi connectivity index (χ0n) is 16.1. The summed E-state index contributed by atoms with van der Waals surface area (Å²) in [7, 11) is 0. The third-order valence-electron chi connectivity index (χ3n) is 5.91. The summed E-state index contributed by atoms with van der Waals surface area (Å²) in [6.07, 6.45) is 5.54. The lowest BCUT2D eigenvalue weighted by Gasteiger charge is -2.24. The third kappa shape index (κ3) is 3.18. The molecule has 0 fully saturated rings. The highest BCUT2D eigenvalue weighted by Crippen LogP contribution is 2.37. The van der Waals surface area contributed by atoms with Crippen molar-refractivity contribution in [2.24, 2.45) is 5.92 Å². The average Bonchev–Trinajstić information content (AvgIpc) is 3.01. The van der Waals surface area contributed by atoms with Crippen molar-refractivity contribution in [1.82, 2.24) is 4.57 Å². The van der Waals surface area contributed by atoms with Crippen LogP contribution in [0.5, 0.6) is 0 Å². The number of nitrogens with zero attached hydrogens (tertiary/aromatic N) is 2. The number of hydrogen-bond donors (Lipinski definition) is 1. The Morgan fingerprint density at radius 1 is 1.29 bits per heavy atom. The summed E-state index contributed by atoms with van der Waals surface area (Å²) in [4.78, 5) is 11.9. The Labute approximate surface area is 165 Å². The van der Waals surface area contributed by atoms with E-state index in [1.807, 2.05) is 24.3 Å². The zero-order chi connectivity index (χ0) is 19.7. The van der Waals surface area contributed by atoms with Gasteiger partial charge >= 0.3 is 5.97 Å². The molecule has 1 N–H and O–H groups in total. The van der Waals surface area contributed by atoms with Gasteiger partial charge in [0.05, 0.1) is 22.7 Å². The Balaban J connectivity index is 1.90. The second-order valence-corrected chi connectivity index (χ2v) is 7.73. The van der Waals surface area contributed by atoms with Crippen LogP contribution in [0, 0.1) is 17.2 Å². The van der Waals surface area contributed by atoms with Crippen molar-refractivity contribution in [2.45, 2.75) is 45.6 Å². The lowest BCUT2D eigenvalue weighted by Crippen LogP contribution is -2.17. The molecule has 0 spiro atoms. The smallest absolute Gasteiger partial charge is 0.337 e. The summed E-state index contributed by atoms with van der Waals surface area (Å²) < 4.78 is 2.20. The Hall–Kier alpha value is -3.06. The van der Waals surface area contributed by atoms with Gasteiger partial charge in [0, 0.05) is 17.6 Å². The van der Waals surface area contributed by atoms with Gasteiger partial charge in [0.25, 0.3) is 0 Å². The van der Waals surface area contributed by atoms with E-state index in [2.05, 4.69) is 23.6 Å². The molecule has 0 radical (unpaired) electrons. The zero-order valence-corrected chi connectivity index (χ0v) is 16.1. The fourth-order valence-electron chi connectivity index (χ4n) is 4.69. The van der Waals surface area contributed by atoms with Gasteiger partial charge in [0.2, 0.25) is 0 Å². The van der Waals surface area contributed by atoms with E-state index < -0.39 is 5.97 Å². The molecule has 1 unspecified atom stereocenters. The highest BCUT2D eigenvalue weighted by molar-refractivity contribution is 6.04. The van der Waals surface area contributed by atoms with Crippen LogP contribution >= 0.6 is 0 Å². The predicted molar refractivity (Wildman–Crippen MR) is 110 cm³/mol. The number of benzene rings is 2. The minimum Gasteiger partial charge on any atom is -0.478 e. The first-order valence-corrected chi connectivity index (χ1v) is 9.97. The average molecular weight is 372 g/mol. The molecule has 0 saturated carbocycles. The predicted octanol–water partition coefficient (Wildman–Crippen LogP) is 5.16.